The largest absolute Gasteiger partial charge is 0.496 e. The second kappa shape index (κ2) is 5.77. The molecule has 0 unspecified atom stereocenters. The molecule has 2 aromatic rings. The summed E-state index contributed by atoms with van der Waals surface area (Å²) < 4.78 is 7.08. The second-order valence-corrected chi connectivity index (χ2v) is 4.91. The highest BCUT2D eigenvalue weighted by Crippen LogP contribution is 2.21. The number of imidazole rings is 1. The molecule has 5 heteroatoms. The minimum absolute atomic E-state index is 0.177. The van der Waals surface area contributed by atoms with Crippen LogP contribution in [0.4, 0.5) is 0 Å². The van der Waals surface area contributed by atoms with Gasteiger partial charge in [0, 0.05) is 24.9 Å². The zero-order valence-corrected chi connectivity index (χ0v) is 11.8. The maximum atomic E-state index is 11.2. The van der Waals surface area contributed by atoms with Gasteiger partial charge in [-0.15, -0.1) is 0 Å². The van der Waals surface area contributed by atoms with Crippen LogP contribution < -0.4 is 4.74 Å². The van der Waals surface area contributed by atoms with E-state index in [-0.39, 0.29) is 5.56 Å². The summed E-state index contributed by atoms with van der Waals surface area (Å²) >= 11 is 0. The number of hydrogen-bond donors (Lipinski definition) is 1. The average molecular weight is 274 g/mol. The Kier molecular flexibility index (Phi) is 4.08. The number of nitrogens with zero attached hydrogens (tertiary/aromatic N) is 2. The summed E-state index contributed by atoms with van der Waals surface area (Å²) in [4.78, 5) is 15.5. The molecule has 0 saturated heterocycles. The summed E-state index contributed by atoms with van der Waals surface area (Å²) in [6, 6.07) is 5.20. The summed E-state index contributed by atoms with van der Waals surface area (Å²) in [6.45, 7) is 4.75. The first-order chi connectivity index (χ1) is 9.52. The minimum atomic E-state index is -0.988. The van der Waals surface area contributed by atoms with E-state index >= 15 is 0 Å². The van der Waals surface area contributed by atoms with Gasteiger partial charge in [0.2, 0.25) is 0 Å². The van der Waals surface area contributed by atoms with Crippen molar-refractivity contribution in [2.75, 3.05) is 7.11 Å². The molecule has 1 N–H and O–H groups in total. The van der Waals surface area contributed by atoms with Crippen molar-refractivity contribution in [2.24, 2.45) is 0 Å². The highest BCUT2D eigenvalue weighted by molar-refractivity contribution is 5.91. The van der Waals surface area contributed by atoms with Crippen molar-refractivity contribution >= 4 is 5.97 Å². The number of aromatic nitrogens is 2. The molecule has 0 aliphatic rings. The summed E-state index contributed by atoms with van der Waals surface area (Å²) in [5.41, 5.74) is 1.08. The number of carboxylic acids is 1. The number of benzene rings is 1. The third-order valence-electron chi connectivity index (χ3n) is 3.11. The standard InChI is InChI=1S/C15H18N2O3/c1-10(2)14-16-6-7-17(14)9-11-4-5-13(20-3)12(8-11)15(18)19/h4-8,10H,9H2,1-3H3,(H,18,19). The van der Waals surface area contributed by atoms with Crippen molar-refractivity contribution in [3.8, 4) is 5.75 Å². The number of methoxy groups -OCH3 is 1. The van der Waals surface area contributed by atoms with Crippen LogP contribution in [-0.4, -0.2) is 27.7 Å². The van der Waals surface area contributed by atoms with Gasteiger partial charge in [0.1, 0.15) is 17.1 Å². The first-order valence-corrected chi connectivity index (χ1v) is 6.44. The normalized spacial score (nSPS) is 10.8. The molecule has 0 fully saturated rings. The van der Waals surface area contributed by atoms with Crippen molar-refractivity contribution in [2.45, 2.75) is 26.3 Å². The van der Waals surface area contributed by atoms with Gasteiger partial charge < -0.3 is 14.4 Å². The van der Waals surface area contributed by atoms with E-state index in [2.05, 4.69) is 18.8 Å². The van der Waals surface area contributed by atoms with Crippen LogP contribution in [0.5, 0.6) is 5.75 Å². The summed E-state index contributed by atoms with van der Waals surface area (Å²) in [5.74, 6) is 0.689. The van der Waals surface area contributed by atoms with E-state index in [0.29, 0.717) is 18.2 Å². The number of rotatable bonds is 5. The number of ether oxygens (including phenoxy) is 1. The average Bonchev–Trinajstić information content (AvgIpc) is 2.87. The Morgan fingerprint density at radius 3 is 2.80 bits per heavy atom. The quantitative estimate of drug-likeness (QED) is 0.910. The number of carbonyl (C=O) groups is 1. The lowest BCUT2D eigenvalue weighted by Gasteiger charge is -2.12. The molecule has 1 aromatic carbocycles. The molecule has 0 spiro atoms. The molecule has 5 nitrogen and oxygen atoms in total. The van der Waals surface area contributed by atoms with Crippen LogP contribution in [0.15, 0.2) is 30.6 Å². The van der Waals surface area contributed by atoms with Crippen LogP contribution in [0.25, 0.3) is 0 Å². The Bertz CT molecular complexity index is 617. The van der Waals surface area contributed by atoms with E-state index in [1.54, 1.807) is 18.3 Å². The van der Waals surface area contributed by atoms with E-state index in [1.165, 1.54) is 7.11 Å². The molecule has 0 aliphatic heterocycles. The fraction of sp³-hybridized carbons (Fsp3) is 0.333. The van der Waals surface area contributed by atoms with Crippen LogP contribution in [0.3, 0.4) is 0 Å². The highest BCUT2D eigenvalue weighted by Gasteiger charge is 2.13. The van der Waals surface area contributed by atoms with Gasteiger partial charge in [0.05, 0.1) is 7.11 Å². The predicted octanol–water partition coefficient (Wildman–Crippen LogP) is 2.76. The first kappa shape index (κ1) is 14.1. The van der Waals surface area contributed by atoms with Crippen LogP contribution >= 0.6 is 0 Å². The van der Waals surface area contributed by atoms with Gasteiger partial charge in [-0.2, -0.15) is 0 Å². The summed E-state index contributed by atoms with van der Waals surface area (Å²) in [6.07, 6.45) is 3.66. The van der Waals surface area contributed by atoms with Gasteiger partial charge in [-0.3, -0.25) is 0 Å². The van der Waals surface area contributed by atoms with E-state index in [1.807, 2.05) is 16.8 Å². The van der Waals surface area contributed by atoms with E-state index < -0.39 is 5.97 Å². The monoisotopic (exact) mass is 274 g/mol. The molecule has 0 atom stereocenters. The van der Waals surface area contributed by atoms with E-state index in [4.69, 9.17) is 4.74 Å². The Hall–Kier alpha value is -2.30. The maximum absolute atomic E-state index is 11.2. The summed E-state index contributed by atoms with van der Waals surface area (Å²) in [5, 5.41) is 9.19. The molecular formula is C15H18N2O3. The van der Waals surface area contributed by atoms with Crippen molar-refractivity contribution in [1.82, 2.24) is 9.55 Å². The Balaban J connectivity index is 2.32. The van der Waals surface area contributed by atoms with Crippen molar-refractivity contribution in [3.63, 3.8) is 0 Å². The molecule has 0 saturated carbocycles. The predicted molar refractivity (Wildman–Crippen MR) is 75.4 cm³/mol. The molecule has 0 radical (unpaired) electrons. The molecule has 0 aliphatic carbocycles. The third kappa shape index (κ3) is 2.82. The van der Waals surface area contributed by atoms with E-state index in [9.17, 15) is 9.90 Å². The number of hydrogen-bond acceptors (Lipinski definition) is 3. The van der Waals surface area contributed by atoms with Crippen LogP contribution in [0, 0.1) is 0 Å². The minimum Gasteiger partial charge on any atom is -0.496 e. The molecular weight excluding hydrogens is 256 g/mol. The zero-order chi connectivity index (χ0) is 14.7. The van der Waals surface area contributed by atoms with Gasteiger partial charge in [0.15, 0.2) is 0 Å². The number of aromatic carboxylic acids is 1. The van der Waals surface area contributed by atoms with Gasteiger partial charge in [-0.25, -0.2) is 9.78 Å². The van der Waals surface area contributed by atoms with Crippen LogP contribution in [-0.2, 0) is 6.54 Å². The maximum Gasteiger partial charge on any atom is 0.339 e. The van der Waals surface area contributed by atoms with Gasteiger partial charge in [-0.1, -0.05) is 19.9 Å². The van der Waals surface area contributed by atoms with Crippen molar-refractivity contribution in [3.05, 3.63) is 47.5 Å². The topological polar surface area (TPSA) is 64.4 Å². The lowest BCUT2D eigenvalue weighted by Crippen LogP contribution is -2.07. The molecule has 106 valence electrons. The molecule has 0 amide bonds. The first-order valence-electron chi connectivity index (χ1n) is 6.44. The lowest BCUT2D eigenvalue weighted by atomic mass is 10.1. The van der Waals surface area contributed by atoms with Crippen LogP contribution in [0.1, 0.15) is 41.5 Å². The molecule has 1 heterocycles. The second-order valence-electron chi connectivity index (χ2n) is 4.91. The van der Waals surface area contributed by atoms with Crippen molar-refractivity contribution < 1.29 is 14.6 Å². The van der Waals surface area contributed by atoms with Gasteiger partial charge >= 0.3 is 5.97 Å². The highest BCUT2D eigenvalue weighted by atomic mass is 16.5. The molecule has 0 bridgehead atoms. The van der Waals surface area contributed by atoms with Gasteiger partial charge in [-0.05, 0) is 17.7 Å². The Morgan fingerprint density at radius 2 is 2.20 bits per heavy atom. The fourth-order valence-electron chi connectivity index (χ4n) is 2.17. The zero-order valence-electron chi connectivity index (χ0n) is 11.8. The van der Waals surface area contributed by atoms with Crippen LogP contribution in [0.2, 0.25) is 0 Å². The molecule has 20 heavy (non-hydrogen) atoms. The lowest BCUT2D eigenvalue weighted by molar-refractivity contribution is 0.0693. The molecule has 2 rings (SSSR count). The Labute approximate surface area is 117 Å². The van der Waals surface area contributed by atoms with Crippen molar-refractivity contribution in [1.29, 1.82) is 0 Å². The fourth-order valence-corrected chi connectivity index (χ4v) is 2.17. The SMILES string of the molecule is COc1ccc(Cn2ccnc2C(C)C)cc1C(=O)O. The number of carboxylic acid groups (broad SMARTS) is 1. The molecule has 1 aromatic heterocycles. The Morgan fingerprint density at radius 1 is 1.45 bits per heavy atom. The third-order valence-corrected chi connectivity index (χ3v) is 3.11. The van der Waals surface area contributed by atoms with E-state index in [0.717, 1.165) is 11.4 Å². The summed E-state index contributed by atoms with van der Waals surface area (Å²) in [7, 11) is 1.47. The smallest absolute Gasteiger partial charge is 0.339 e. The van der Waals surface area contributed by atoms with Gasteiger partial charge in [0.25, 0.3) is 0 Å².